The van der Waals surface area contributed by atoms with Gasteiger partial charge in [0.05, 0.1) is 0 Å². The minimum absolute atomic E-state index is 0.124. The molecule has 1 aliphatic rings. The molecule has 0 aliphatic carbocycles. The minimum atomic E-state index is -0.124. The van der Waals surface area contributed by atoms with Gasteiger partial charge in [0.1, 0.15) is 0 Å². The normalized spacial score (nSPS) is 16.5. The minimum Gasteiger partial charge on any atom is -0.338 e. The number of nitrogens with zero attached hydrogens (tertiary/aromatic N) is 2. The van der Waals surface area contributed by atoms with Gasteiger partial charge < -0.3 is 20.4 Å². The number of likely N-dealkylation sites (N-methyl/N-ethyl adjacent to an activating group) is 1. The fourth-order valence-corrected chi connectivity index (χ4v) is 2.73. The Morgan fingerprint density at radius 1 is 1.18 bits per heavy atom. The molecule has 2 rings (SSSR count). The SMILES string of the molecule is CCN1CCN(CCCNC(=O)Nc2cccc(C)c2)CC1. The molecule has 1 fully saturated rings. The molecule has 1 saturated heterocycles. The molecule has 0 unspecified atom stereocenters. The number of urea groups is 1. The molecule has 1 aliphatic heterocycles. The average Bonchev–Trinajstić information content (AvgIpc) is 2.52. The summed E-state index contributed by atoms with van der Waals surface area (Å²) in [5, 5.41) is 5.79. The molecule has 0 saturated carbocycles. The molecule has 22 heavy (non-hydrogen) atoms. The predicted octanol–water partition coefficient (Wildman–Crippen LogP) is 2.14. The molecule has 2 amide bonds. The van der Waals surface area contributed by atoms with Crippen molar-refractivity contribution in [1.82, 2.24) is 15.1 Å². The van der Waals surface area contributed by atoms with Gasteiger partial charge in [0.15, 0.2) is 0 Å². The monoisotopic (exact) mass is 304 g/mol. The van der Waals surface area contributed by atoms with E-state index < -0.39 is 0 Å². The van der Waals surface area contributed by atoms with Crippen molar-refractivity contribution in [2.24, 2.45) is 0 Å². The molecule has 1 heterocycles. The number of hydrogen-bond acceptors (Lipinski definition) is 3. The Hall–Kier alpha value is -1.59. The number of carbonyl (C=O) groups is 1. The molecule has 2 N–H and O–H groups in total. The van der Waals surface area contributed by atoms with Crippen LogP contribution >= 0.6 is 0 Å². The van der Waals surface area contributed by atoms with Gasteiger partial charge in [0.2, 0.25) is 0 Å². The maximum atomic E-state index is 11.8. The van der Waals surface area contributed by atoms with Crippen molar-refractivity contribution in [3.05, 3.63) is 29.8 Å². The van der Waals surface area contributed by atoms with E-state index in [0.717, 1.165) is 56.9 Å². The van der Waals surface area contributed by atoms with E-state index in [1.807, 2.05) is 31.2 Å². The molecule has 0 atom stereocenters. The first-order chi connectivity index (χ1) is 10.7. The van der Waals surface area contributed by atoms with Crippen molar-refractivity contribution in [2.75, 3.05) is 51.1 Å². The maximum absolute atomic E-state index is 11.8. The molecule has 1 aromatic rings. The third kappa shape index (κ3) is 5.66. The van der Waals surface area contributed by atoms with Crippen LogP contribution in [0.2, 0.25) is 0 Å². The summed E-state index contributed by atoms with van der Waals surface area (Å²) in [5.74, 6) is 0. The molecule has 0 radical (unpaired) electrons. The summed E-state index contributed by atoms with van der Waals surface area (Å²) in [5.41, 5.74) is 1.98. The molecule has 0 spiro atoms. The molecule has 1 aromatic carbocycles. The Bertz CT molecular complexity index is 469. The summed E-state index contributed by atoms with van der Waals surface area (Å²) < 4.78 is 0. The van der Waals surface area contributed by atoms with E-state index >= 15 is 0 Å². The third-order valence-corrected chi connectivity index (χ3v) is 4.12. The van der Waals surface area contributed by atoms with Crippen molar-refractivity contribution >= 4 is 11.7 Å². The van der Waals surface area contributed by atoms with Crippen LogP contribution in [0.15, 0.2) is 24.3 Å². The fourth-order valence-electron chi connectivity index (χ4n) is 2.73. The van der Waals surface area contributed by atoms with E-state index in [0.29, 0.717) is 6.54 Å². The molecule has 5 nitrogen and oxygen atoms in total. The van der Waals surface area contributed by atoms with Crippen LogP contribution in [0.25, 0.3) is 0 Å². The van der Waals surface area contributed by atoms with Gasteiger partial charge >= 0.3 is 6.03 Å². The highest BCUT2D eigenvalue weighted by Crippen LogP contribution is 2.09. The molecular weight excluding hydrogens is 276 g/mol. The van der Waals surface area contributed by atoms with Crippen molar-refractivity contribution in [1.29, 1.82) is 0 Å². The van der Waals surface area contributed by atoms with Crippen LogP contribution < -0.4 is 10.6 Å². The van der Waals surface area contributed by atoms with Crippen molar-refractivity contribution in [3.63, 3.8) is 0 Å². The number of benzene rings is 1. The number of aryl methyl sites for hydroxylation is 1. The first-order valence-electron chi connectivity index (χ1n) is 8.23. The second kappa shape index (κ2) is 8.76. The number of nitrogens with one attached hydrogen (secondary N) is 2. The van der Waals surface area contributed by atoms with Crippen LogP contribution in [0.4, 0.5) is 10.5 Å². The Morgan fingerprint density at radius 2 is 1.91 bits per heavy atom. The first-order valence-corrected chi connectivity index (χ1v) is 8.23. The van der Waals surface area contributed by atoms with E-state index in [4.69, 9.17) is 0 Å². The predicted molar refractivity (Wildman–Crippen MR) is 91.4 cm³/mol. The second-order valence-electron chi connectivity index (χ2n) is 5.88. The standard InChI is InChI=1S/C17H28N4O/c1-3-20-10-12-21(13-11-20)9-5-8-18-17(22)19-16-7-4-6-15(2)14-16/h4,6-7,14H,3,5,8-13H2,1-2H3,(H2,18,19,22). The Labute approximate surface area is 133 Å². The van der Waals surface area contributed by atoms with Crippen LogP contribution in [-0.4, -0.2) is 61.6 Å². The van der Waals surface area contributed by atoms with Gasteiger partial charge in [0.25, 0.3) is 0 Å². The van der Waals surface area contributed by atoms with E-state index in [1.165, 1.54) is 0 Å². The zero-order valence-corrected chi connectivity index (χ0v) is 13.8. The fraction of sp³-hybridized carbons (Fsp3) is 0.588. The van der Waals surface area contributed by atoms with Crippen LogP contribution in [0.3, 0.4) is 0 Å². The highest BCUT2D eigenvalue weighted by Gasteiger charge is 2.14. The Balaban J connectivity index is 1.58. The van der Waals surface area contributed by atoms with Gasteiger partial charge in [0, 0.05) is 38.4 Å². The molecular formula is C17H28N4O. The molecule has 0 aromatic heterocycles. The quantitative estimate of drug-likeness (QED) is 0.792. The first kappa shape index (κ1) is 16.8. The third-order valence-electron chi connectivity index (χ3n) is 4.12. The van der Waals surface area contributed by atoms with E-state index in [2.05, 4.69) is 27.4 Å². The van der Waals surface area contributed by atoms with Gasteiger partial charge in [-0.25, -0.2) is 4.79 Å². The number of piperazine rings is 1. The molecule has 5 heteroatoms. The van der Waals surface area contributed by atoms with Crippen molar-refractivity contribution < 1.29 is 4.79 Å². The van der Waals surface area contributed by atoms with Crippen LogP contribution in [0.1, 0.15) is 18.9 Å². The summed E-state index contributed by atoms with van der Waals surface area (Å²) in [7, 11) is 0. The summed E-state index contributed by atoms with van der Waals surface area (Å²) in [4.78, 5) is 16.8. The van der Waals surface area contributed by atoms with Crippen LogP contribution in [0.5, 0.6) is 0 Å². The molecule has 0 bridgehead atoms. The zero-order valence-electron chi connectivity index (χ0n) is 13.8. The van der Waals surface area contributed by atoms with E-state index in [-0.39, 0.29) is 6.03 Å². The Morgan fingerprint density at radius 3 is 2.59 bits per heavy atom. The largest absolute Gasteiger partial charge is 0.338 e. The average molecular weight is 304 g/mol. The van der Waals surface area contributed by atoms with Gasteiger partial charge in [-0.3, -0.25) is 0 Å². The topological polar surface area (TPSA) is 47.6 Å². The number of carbonyl (C=O) groups excluding carboxylic acids is 1. The number of anilines is 1. The van der Waals surface area contributed by atoms with Crippen LogP contribution in [-0.2, 0) is 0 Å². The van der Waals surface area contributed by atoms with E-state index in [1.54, 1.807) is 0 Å². The summed E-state index contributed by atoms with van der Waals surface area (Å²) >= 11 is 0. The number of amides is 2. The number of hydrogen-bond donors (Lipinski definition) is 2. The second-order valence-corrected chi connectivity index (χ2v) is 5.88. The highest BCUT2D eigenvalue weighted by molar-refractivity contribution is 5.89. The summed E-state index contributed by atoms with van der Waals surface area (Å²) in [6.45, 7) is 11.8. The Kier molecular flexibility index (Phi) is 6.68. The lowest BCUT2D eigenvalue weighted by molar-refractivity contribution is 0.136. The van der Waals surface area contributed by atoms with Gasteiger partial charge in [-0.2, -0.15) is 0 Å². The van der Waals surface area contributed by atoms with Gasteiger partial charge in [-0.05, 0) is 44.1 Å². The van der Waals surface area contributed by atoms with E-state index in [9.17, 15) is 4.79 Å². The van der Waals surface area contributed by atoms with Crippen LogP contribution in [0, 0.1) is 6.92 Å². The lowest BCUT2D eigenvalue weighted by atomic mass is 10.2. The lowest BCUT2D eigenvalue weighted by Gasteiger charge is -2.33. The van der Waals surface area contributed by atoms with Crippen molar-refractivity contribution in [2.45, 2.75) is 20.3 Å². The van der Waals surface area contributed by atoms with Gasteiger partial charge in [-0.1, -0.05) is 19.1 Å². The number of rotatable bonds is 6. The lowest BCUT2D eigenvalue weighted by Crippen LogP contribution is -2.46. The smallest absolute Gasteiger partial charge is 0.319 e. The maximum Gasteiger partial charge on any atom is 0.319 e. The highest BCUT2D eigenvalue weighted by atomic mass is 16.2. The summed E-state index contributed by atoms with van der Waals surface area (Å²) in [6, 6.07) is 7.70. The van der Waals surface area contributed by atoms with Crippen molar-refractivity contribution in [3.8, 4) is 0 Å². The van der Waals surface area contributed by atoms with Gasteiger partial charge in [-0.15, -0.1) is 0 Å². The summed E-state index contributed by atoms with van der Waals surface area (Å²) in [6.07, 6.45) is 0.993. The molecule has 122 valence electrons. The zero-order chi connectivity index (χ0) is 15.8.